The summed E-state index contributed by atoms with van der Waals surface area (Å²) in [5.74, 6) is 0.382. The predicted molar refractivity (Wildman–Crippen MR) is 73.1 cm³/mol. The van der Waals surface area contributed by atoms with Crippen molar-refractivity contribution in [3.05, 3.63) is 46.3 Å². The van der Waals surface area contributed by atoms with Crippen molar-refractivity contribution >= 4 is 22.9 Å². The highest BCUT2D eigenvalue weighted by molar-refractivity contribution is 7.14. The number of rotatable bonds is 2. The molecule has 0 radical (unpaired) electrons. The fourth-order valence-corrected chi connectivity index (χ4v) is 2.74. The Morgan fingerprint density at radius 2 is 1.67 bits per heavy atom. The minimum absolute atomic E-state index is 0.142. The average molecular weight is 331 g/mol. The van der Waals surface area contributed by atoms with Gasteiger partial charge in [-0.05, 0) is 35.7 Å². The summed E-state index contributed by atoms with van der Waals surface area (Å²) < 4.78 is 42.9. The van der Waals surface area contributed by atoms with Crippen LogP contribution in [0, 0.1) is 0 Å². The first-order chi connectivity index (χ1) is 9.95. The molecule has 108 valence electrons. The molecule has 0 aliphatic heterocycles. The van der Waals surface area contributed by atoms with E-state index in [2.05, 4.69) is 10.2 Å². The van der Waals surface area contributed by atoms with Gasteiger partial charge in [0.2, 0.25) is 5.89 Å². The summed E-state index contributed by atoms with van der Waals surface area (Å²) in [7, 11) is 0. The van der Waals surface area contributed by atoms with E-state index >= 15 is 0 Å². The predicted octanol–water partition coefficient (Wildman–Crippen LogP) is 5.14. The van der Waals surface area contributed by atoms with Gasteiger partial charge in [0.05, 0.1) is 10.6 Å². The first-order valence-electron chi connectivity index (χ1n) is 5.69. The summed E-state index contributed by atoms with van der Waals surface area (Å²) >= 11 is 7.30. The van der Waals surface area contributed by atoms with Crippen molar-refractivity contribution in [3.63, 3.8) is 0 Å². The summed E-state index contributed by atoms with van der Waals surface area (Å²) in [6.45, 7) is 0. The lowest BCUT2D eigenvalue weighted by atomic mass is 10.1. The van der Waals surface area contributed by atoms with Gasteiger partial charge < -0.3 is 4.42 Å². The molecule has 0 fully saturated rings. The zero-order valence-electron chi connectivity index (χ0n) is 10.2. The van der Waals surface area contributed by atoms with E-state index < -0.39 is 11.7 Å². The highest BCUT2D eigenvalue weighted by atomic mass is 35.5. The van der Waals surface area contributed by atoms with Gasteiger partial charge in [0, 0.05) is 5.56 Å². The van der Waals surface area contributed by atoms with E-state index in [0.29, 0.717) is 15.5 Å². The standard InChI is InChI=1S/C13H6ClF3N2OS/c14-9-5-6-21-10(9)12-19-18-11(20-12)7-1-3-8(4-2-7)13(15,16)17/h1-6H. The van der Waals surface area contributed by atoms with Crippen molar-refractivity contribution in [2.45, 2.75) is 6.18 Å². The summed E-state index contributed by atoms with van der Waals surface area (Å²) in [5, 5.41) is 9.95. The van der Waals surface area contributed by atoms with Gasteiger partial charge in [0.15, 0.2) is 0 Å². The quantitative estimate of drug-likeness (QED) is 0.653. The van der Waals surface area contributed by atoms with Crippen LogP contribution in [0.1, 0.15) is 5.56 Å². The molecule has 21 heavy (non-hydrogen) atoms. The third kappa shape index (κ3) is 2.79. The van der Waals surface area contributed by atoms with Crippen molar-refractivity contribution in [1.82, 2.24) is 10.2 Å². The number of hydrogen-bond acceptors (Lipinski definition) is 4. The first-order valence-corrected chi connectivity index (χ1v) is 6.95. The molecule has 2 heterocycles. The fraction of sp³-hybridized carbons (Fsp3) is 0.0769. The third-order valence-corrected chi connectivity index (χ3v) is 4.03. The highest BCUT2D eigenvalue weighted by Crippen LogP contribution is 2.34. The van der Waals surface area contributed by atoms with Crippen LogP contribution in [0.3, 0.4) is 0 Å². The number of halogens is 4. The number of aromatic nitrogens is 2. The lowest BCUT2D eigenvalue weighted by molar-refractivity contribution is -0.137. The zero-order chi connectivity index (χ0) is 15.0. The second-order valence-corrected chi connectivity index (χ2v) is 5.41. The summed E-state index contributed by atoms with van der Waals surface area (Å²) in [6, 6.07) is 6.21. The smallest absolute Gasteiger partial charge is 0.415 e. The van der Waals surface area contributed by atoms with Crippen LogP contribution in [0.5, 0.6) is 0 Å². The van der Waals surface area contributed by atoms with Gasteiger partial charge in [-0.25, -0.2) is 0 Å². The molecule has 0 saturated carbocycles. The van der Waals surface area contributed by atoms with Gasteiger partial charge in [-0.2, -0.15) is 13.2 Å². The molecule has 3 aromatic rings. The maximum atomic E-state index is 12.5. The fourth-order valence-electron chi connectivity index (χ4n) is 1.68. The van der Waals surface area contributed by atoms with Crippen molar-refractivity contribution in [1.29, 1.82) is 0 Å². The van der Waals surface area contributed by atoms with Crippen molar-refractivity contribution in [2.24, 2.45) is 0 Å². The topological polar surface area (TPSA) is 38.9 Å². The second-order valence-electron chi connectivity index (χ2n) is 4.09. The molecule has 0 amide bonds. The lowest BCUT2D eigenvalue weighted by Crippen LogP contribution is -2.03. The minimum atomic E-state index is -4.37. The Bertz CT molecular complexity index is 764. The van der Waals surface area contributed by atoms with Gasteiger partial charge in [-0.1, -0.05) is 11.6 Å². The number of thiophene rings is 1. The van der Waals surface area contributed by atoms with Crippen LogP contribution in [0.2, 0.25) is 5.02 Å². The molecule has 2 aromatic heterocycles. The molecule has 0 unspecified atom stereocenters. The molecule has 1 aromatic carbocycles. The van der Waals surface area contributed by atoms with Gasteiger partial charge in [0.25, 0.3) is 5.89 Å². The summed E-state index contributed by atoms with van der Waals surface area (Å²) in [5.41, 5.74) is -0.318. The van der Waals surface area contributed by atoms with E-state index in [9.17, 15) is 13.2 Å². The number of benzene rings is 1. The van der Waals surface area contributed by atoms with E-state index in [1.807, 2.05) is 0 Å². The first kappa shape index (κ1) is 14.1. The molecular formula is C13H6ClF3N2OS. The van der Waals surface area contributed by atoms with E-state index in [1.165, 1.54) is 23.5 Å². The molecule has 0 aliphatic carbocycles. The van der Waals surface area contributed by atoms with E-state index in [0.717, 1.165) is 12.1 Å². The van der Waals surface area contributed by atoms with Crippen LogP contribution in [0.4, 0.5) is 13.2 Å². The highest BCUT2D eigenvalue weighted by Gasteiger charge is 2.30. The Morgan fingerprint density at radius 1 is 1.00 bits per heavy atom. The van der Waals surface area contributed by atoms with Crippen molar-refractivity contribution in [2.75, 3.05) is 0 Å². The molecule has 0 N–H and O–H groups in total. The molecule has 0 aliphatic rings. The summed E-state index contributed by atoms with van der Waals surface area (Å²) in [4.78, 5) is 0.627. The van der Waals surface area contributed by atoms with Gasteiger partial charge in [0.1, 0.15) is 4.88 Å². The number of hydrogen-bond donors (Lipinski definition) is 0. The van der Waals surface area contributed by atoms with Crippen LogP contribution >= 0.6 is 22.9 Å². The van der Waals surface area contributed by atoms with Gasteiger partial charge in [-0.3, -0.25) is 0 Å². The van der Waals surface area contributed by atoms with E-state index in [-0.39, 0.29) is 11.8 Å². The second kappa shape index (κ2) is 5.16. The molecule has 0 atom stereocenters. The molecule has 0 spiro atoms. The molecular weight excluding hydrogens is 325 g/mol. The summed E-state index contributed by atoms with van der Waals surface area (Å²) in [6.07, 6.45) is -4.37. The third-order valence-electron chi connectivity index (χ3n) is 2.70. The van der Waals surface area contributed by atoms with Crippen molar-refractivity contribution in [3.8, 4) is 22.2 Å². The maximum Gasteiger partial charge on any atom is 0.416 e. The van der Waals surface area contributed by atoms with Crippen LogP contribution in [0.15, 0.2) is 40.1 Å². The van der Waals surface area contributed by atoms with Crippen LogP contribution in [0.25, 0.3) is 22.2 Å². The van der Waals surface area contributed by atoms with Gasteiger partial charge in [-0.15, -0.1) is 21.5 Å². The molecule has 3 rings (SSSR count). The Balaban J connectivity index is 1.92. The lowest BCUT2D eigenvalue weighted by Gasteiger charge is -2.05. The van der Waals surface area contributed by atoms with Crippen LogP contribution in [-0.2, 0) is 6.18 Å². The molecule has 0 bridgehead atoms. The Kier molecular flexibility index (Phi) is 3.46. The van der Waals surface area contributed by atoms with Crippen molar-refractivity contribution < 1.29 is 17.6 Å². The van der Waals surface area contributed by atoms with Crippen LogP contribution < -0.4 is 0 Å². The van der Waals surface area contributed by atoms with E-state index in [4.69, 9.17) is 16.0 Å². The Labute approximate surface area is 126 Å². The number of nitrogens with zero attached hydrogens (tertiary/aromatic N) is 2. The Morgan fingerprint density at radius 3 is 2.24 bits per heavy atom. The van der Waals surface area contributed by atoms with Crippen LogP contribution in [-0.4, -0.2) is 10.2 Å². The molecule has 0 saturated heterocycles. The normalized spacial score (nSPS) is 11.8. The van der Waals surface area contributed by atoms with E-state index in [1.54, 1.807) is 11.4 Å². The minimum Gasteiger partial charge on any atom is -0.415 e. The average Bonchev–Trinajstić information content (AvgIpc) is 3.06. The number of alkyl halides is 3. The molecule has 8 heteroatoms. The maximum absolute atomic E-state index is 12.5. The zero-order valence-corrected chi connectivity index (χ0v) is 11.8. The largest absolute Gasteiger partial charge is 0.416 e. The van der Waals surface area contributed by atoms with Gasteiger partial charge >= 0.3 is 6.18 Å². The molecule has 3 nitrogen and oxygen atoms in total. The SMILES string of the molecule is FC(F)(F)c1ccc(-c2nnc(-c3sccc3Cl)o2)cc1. The Hall–Kier alpha value is -1.86. The monoisotopic (exact) mass is 330 g/mol.